The first-order chi connectivity index (χ1) is 4.19. The van der Waals surface area contributed by atoms with E-state index in [0.29, 0.717) is 0 Å². The van der Waals surface area contributed by atoms with E-state index in [1.54, 1.807) is 0 Å². The summed E-state index contributed by atoms with van der Waals surface area (Å²) in [5.74, 6) is -0.796. The third-order valence-corrected chi connectivity index (χ3v) is 2.59. The molecule has 0 aromatic heterocycles. The van der Waals surface area contributed by atoms with E-state index in [9.17, 15) is 13.2 Å². The summed E-state index contributed by atoms with van der Waals surface area (Å²) in [6.45, 7) is 1.93. The lowest BCUT2D eigenvalue weighted by atomic mass is 10.2. The third kappa shape index (κ3) is 1.53. The van der Waals surface area contributed by atoms with Crippen LogP contribution in [0.1, 0.15) is 13.8 Å². The van der Waals surface area contributed by atoms with E-state index in [0.717, 1.165) is 13.8 Å². The molecule has 0 rings (SSSR count). The van der Waals surface area contributed by atoms with Gasteiger partial charge in [-0.15, -0.1) is 0 Å². The molecule has 0 fully saturated rings. The second kappa shape index (κ2) is 2.30. The molecule has 0 saturated heterocycles. The Balaban J connectivity index is 4.95. The summed E-state index contributed by atoms with van der Waals surface area (Å²) in [6, 6.07) is 0. The van der Waals surface area contributed by atoms with Crippen molar-refractivity contribution in [3.8, 4) is 0 Å². The Kier molecular flexibility index (Phi) is 2.19. The fourth-order valence-electron chi connectivity index (χ4n) is 0.182. The van der Waals surface area contributed by atoms with Crippen molar-refractivity contribution in [2.75, 3.05) is 0 Å². The quantitative estimate of drug-likeness (QED) is 0.521. The fourth-order valence-corrected chi connectivity index (χ4v) is 0.545. The molecule has 60 valence electrons. The van der Waals surface area contributed by atoms with E-state index in [4.69, 9.17) is 10.3 Å². The monoisotopic (exact) mass is 167 g/mol. The van der Waals surface area contributed by atoms with Crippen LogP contribution in [0.25, 0.3) is 0 Å². The second-order valence-corrected chi connectivity index (χ2v) is 3.94. The Hall–Kier alpha value is -0.460. The lowest BCUT2D eigenvalue weighted by molar-refractivity contribution is -0.119. The molecule has 0 aliphatic heterocycles. The number of hydrogen-bond acceptors (Lipinski definition) is 4. The van der Waals surface area contributed by atoms with E-state index in [1.807, 2.05) is 0 Å². The van der Waals surface area contributed by atoms with Crippen LogP contribution in [-0.2, 0) is 14.9 Å². The molecule has 0 amide bonds. The Labute approximate surface area is 59.0 Å². The second-order valence-electron chi connectivity index (χ2n) is 2.14. The summed E-state index contributed by atoms with van der Waals surface area (Å²) >= 11 is 0. The molecule has 6 heteroatoms. The van der Waals surface area contributed by atoms with Gasteiger partial charge in [-0.05, 0) is 13.8 Å². The number of ketones is 1. The predicted octanol–water partition coefficient (Wildman–Crippen LogP) is -0.862. The maximum atomic E-state index is 10.4. The largest absolute Gasteiger partial charge is 0.305 e. The number of carbonyl (C=O) groups is 1. The Morgan fingerprint density at radius 1 is 1.60 bits per heavy atom. The normalized spacial score (nSPS) is 18.0. The molecule has 0 aromatic carbocycles. The van der Waals surface area contributed by atoms with Crippen molar-refractivity contribution in [1.29, 1.82) is 0 Å². The number of rotatable bonds is 2. The molecule has 0 radical (unpaired) electrons. The summed E-state index contributed by atoms with van der Waals surface area (Å²) in [4.78, 5) is 8.27. The van der Waals surface area contributed by atoms with Gasteiger partial charge in [0.1, 0.15) is 0 Å². The Bertz CT molecular complexity index is 240. The highest BCUT2D eigenvalue weighted by atomic mass is 32.2. The Morgan fingerprint density at radius 2 is 1.90 bits per heavy atom. The van der Waals surface area contributed by atoms with Crippen LogP contribution < -0.4 is 5.73 Å². The van der Waals surface area contributed by atoms with Crippen molar-refractivity contribution in [1.82, 2.24) is 0 Å². The minimum absolute atomic E-state index is 0.796. The molecular formula is C4H9NO4S. The maximum Gasteiger partial charge on any atom is 0.290 e. The number of carbonyl (C=O) groups excluding carboxylic acids is 1. The molecule has 0 aromatic rings. The summed E-state index contributed by atoms with van der Waals surface area (Å²) < 4.78 is 29.0. The lowest BCUT2D eigenvalue weighted by Crippen LogP contribution is -2.50. The molecule has 0 bridgehead atoms. The molecule has 0 aliphatic rings. The standard InChI is InChI=1S/C4H9NO4S/c1-3(6)4(2,5)10(7,8)9/h5H2,1-2H3,(H,7,8,9). The maximum absolute atomic E-state index is 10.4. The van der Waals surface area contributed by atoms with E-state index in [2.05, 4.69) is 0 Å². The molecule has 0 saturated carbocycles. The van der Waals surface area contributed by atoms with Crippen molar-refractivity contribution < 1.29 is 17.8 Å². The fraction of sp³-hybridized carbons (Fsp3) is 0.750. The molecular weight excluding hydrogens is 158 g/mol. The van der Waals surface area contributed by atoms with Gasteiger partial charge in [0.15, 0.2) is 10.7 Å². The zero-order chi connectivity index (χ0) is 8.58. The average molecular weight is 167 g/mol. The molecule has 3 N–H and O–H groups in total. The summed E-state index contributed by atoms with van der Waals surface area (Å²) in [6.07, 6.45) is 0. The van der Waals surface area contributed by atoms with Gasteiger partial charge in [0, 0.05) is 0 Å². The Morgan fingerprint density at radius 3 is 1.90 bits per heavy atom. The number of hydrogen-bond donors (Lipinski definition) is 2. The van der Waals surface area contributed by atoms with Crippen LogP contribution in [0.5, 0.6) is 0 Å². The molecule has 0 heterocycles. The van der Waals surface area contributed by atoms with Crippen LogP contribution in [0.15, 0.2) is 0 Å². The van der Waals surface area contributed by atoms with Crippen LogP contribution >= 0.6 is 0 Å². The van der Waals surface area contributed by atoms with Gasteiger partial charge >= 0.3 is 0 Å². The highest BCUT2D eigenvalue weighted by molar-refractivity contribution is 7.88. The van der Waals surface area contributed by atoms with Gasteiger partial charge < -0.3 is 5.73 Å². The minimum atomic E-state index is -4.47. The highest BCUT2D eigenvalue weighted by Gasteiger charge is 2.38. The smallest absolute Gasteiger partial charge is 0.290 e. The van der Waals surface area contributed by atoms with Gasteiger partial charge in [0.25, 0.3) is 10.1 Å². The van der Waals surface area contributed by atoms with E-state index in [1.165, 1.54) is 0 Å². The SMILES string of the molecule is CC(=O)C(C)(N)S(=O)(=O)O. The van der Waals surface area contributed by atoms with Gasteiger partial charge in [-0.25, -0.2) is 0 Å². The average Bonchev–Trinajstić information content (AvgIpc) is 1.62. The first-order valence-electron chi connectivity index (χ1n) is 2.46. The van der Waals surface area contributed by atoms with E-state index >= 15 is 0 Å². The highest BCUT2D eigenvalue weighted by Crippen LogP contribution is 2.08. The van der Waals surface area contributed by atoms with Crippen LogP contribution in [0, 0.1) is 0 Å². The van der Waals surface area contributed by atoms with Crippen LogP contribution in [0.4, 0.5) is 0 Å². The minimum Gasteiger partial charge on any atom is -0.305 e. The molecule has 1 atom stereocenters. The lowest BCUT2D eigenvalue weighted by Gasteiger charge is -2.15. The molecule has 5 nitrogen and oxygen atoms in total. The summed E-state index contributed by atoms with van der Waals surface area (Å²) in [7, 11) is -4.47. The van der Waals surface area contributed by atoms with Gasteiger partial charge in [-0.3, -0.25) is 9.35 Å². The van der Waals surface area contributed by atoms with E-state index < -0.39 is 20.8 Å². The first kappa shape index (κ1) is 9.54. The summed E-state index contributed by atoms with van der Waals surface area (Å²) in [5.41, 5.74) is 4.95. The molecule has 0 aliphatic carbocycles. The van der Waals surface area contributed by atoms with Gasteiger partial charge in [-0.2, -0.15) is 8.42 Å². The van der Waals surface area contributed by atoms with Crippen molar-refractivity contribution in [2.24, 2.45) is 5.73 Å². The van der Waals surface area contributed by atoms with Crippen molar-refractivity contribution in [3.63, 3.8) is 0 Å². The van der Waals surface area contributed by atoms with Crippen LogP contribution in [-0.4, -0.2) is 23.6 Å². The van der Waals surface area contributed by atoms with Crippen molar-refractivity contribution in [3.05, 3.63) is 0 Å². The van der Waals surface area contributed by atoms with Crippen molar-refractivity contribution in [2.45, 2.75) is 18.7 Å². The van der Waals surface area contributed by atoms with Crippen LogP contribution in [0.2, 0.25) is 0 Å². The molecule has 10 heavy (non-hydrogen) atoms. The topological polar surface area (TPSA) is 97.5 Å². The molecule has 1 unspecified atom stereocenters. The number of Topliss-reactive ketones (excluding diaryl/α,β-unsaturated/α-hetero) is 1. The summed E-state index contributed by atoms with van der Waals surface area (Å²) in [5, 5.41) is 0. The number of nitrogens with two attached hydrogens (primary N) is 1. The first-order valence-corrected chi connectivity index (χ1v) is 3.90. The van der Waals surface area contributed by atoms with Gasteiger partial charge in [0.2, 0.25) is 0 Å². The van der Waals surface area contributed by atoms with E-state index in [-0.39, 0.29) is 0 Å². The van der Waals surface area contributed by atoms with Crippen LogP contribution in [0.3, 0.4) is 0 Å². The molecule has 0 spiro atoms. The predicted molar refractivity (Wildman–Crippen MR) is 34.8 cm³/mol. The van der Waals surface area contributed by atoms with Crippen molar-refractivity contribution >= 4 is 15.9 Å². The third-order valence-electron chi connectivity index (χ3n) is 1.23. The zero-order valence-corrected chi connectivity index (χ0v) is 6.47. The zero-order valence-electron chi connectivity index (χ0n) is 5.66. The van der Waals surface area contributed by atoms with Gasteiger partial charge in [0.05, 0.1) is 0 Å². The van der Waals surface area contributed by atoms with Gasteiger partial charge in [-0.1, -0.05) is 0 Å².